The lowest BCUT2D eigenvalue weighted by Gasteiger charge is -2.39. The maximum Gasteiger partial charge on any atom is 0.308 e. The van der Waals surface area contributed by atoms with Crippen LogP contribution in [-0.4, -0.2) is 32.3 Å². The van der Waals surface area contributed by atoms with Gasteiger partial charge in [-0.25, -0.2) is 0 Å². The van der Waals surface area contributed by atoms with Gasteiger partial charge in [0.25, 0.3) is 5.91 Å². The molecule has 1 heterocycles. The van der Waals surface area contributed by atoms with Gasteiger partial charge < -0.3 is 10.4 Å². The molecule has 2 unspecified atom stereocenters. The third-order valence-corrected chi connectivity index (χ3v) is 5.43. The van der Waals surface area contributed by atoms with Gasteiger partial charge in [0.05, 0.1) is 29.8 Å². The number of hydrogen-bond donors (Lipinski definition) is 2. The molecule has 1 amide bonds. The number of aromatic nitrogens is 2. The van der Waals surface area contributed by atoms with Crippen LogP contribution in [0, 0.1) is 12.8 Å². The second kappa shape index (κ2) is 7.32. The number of carbonyl (C=O) groups is 2. The highest BCUT2D eigenvalue weighted by atomic mass is 16.4. The average molecular weight is 355 g/mol. The molecular weight excluding hydrogens is 330 g/mol. The zero-order chi connectivity index (χ0) is 18.7. The van der Waals surface area contributed by atoms with Gasteiger partial charge >= 0.3 is 5.97 Å². The van der Waals surface area contributed by atoms with Crippen LogP contribution in [-0.2, 0) is 11.3 Å². The molecule has 1 saturated carbocycles. The van der Waals surface area contributed by atoms with Gasteiger partial charge in [-0.3, -0.25) is 14.3 Å². The lowest BCUT2D eigenvalue weighted by molar-refractivity contribution is -0.145. The minimum absolute atomic E-state index is 0.252. The topological polar surface area (TPSA) is 84.2 Å². The summed E-state index contributed by atoms with van der Waals surface area (Å²) in [7, 11) is 0. The number of nitrogens with zero attached hydrogens (tertiary/aromatic N) is 2. The number of benzene rings is 1. The monoisotopic (exact) mass is 355 g/mol. The summed E-state index contributed by atoms with van der Waals surface area (Å²) in [4.78, 5) is 24.4. The quantitative estimate of drug-likeness (QED) is 0.863. The molecule has 138 valence electrons. The van der Waals surface area contributed by atoms with Crippen molar-refractivity contribution in [1.29, 1.82) is 0 Å². The van der Waals surface area contributed by atoms with Crippen LogP contribution in [0.2, 0.25) is 0 Å². The zero-order valence-corrected chi connectivity index (χ0v) is 15.2. The van der Waals surface area contributed by atoms with Crippen molar-refractivity contribution in [3.8, 4) is 0 Å². The molecule has 3 rings (SSSR count). The van der Waals surface area contributed by atoms with Crippen molar-refractivity contribution in [2.45, 2.75) is 51.6 Å². The minimum atomic E-state index is -0.844. The van der Waals surface area contributed by atoms with E-state index in [1.165, 1.54) is 0 Å². The van der Waals surface area contributed by atoms with Crippen molar-refractivity contribution in [2.75, 3.05) is 0 Å². The fourth-order valence-electron chi connectivity index (χ4n) is 3.79. The number of aliphatic carboxylic acids is 1. The third kappa shape index (κ3) is 3.64. The lowest BCUT2D eigenvalue weighted by Crippen LogP contribution is -2.55. The molecule has 1 aliphatic rings. The molecule has 2 atom stereocenters. The van der Waals surface area contributed by atoms with Crippen LogP contribution in [0.5, 0.6) is 0 Å². The van der Waals surface area contributed by atoms with Crippen LogP contribution >= 0.6 is 0 Å². The third-order valence-electron chi connectivity index (χ3n) is 5.43. The molecule has 1 aromatic heterocycles. The molecule has 2 N–H and O–H groups in total. The Hall–Kier alpha value is -2.63. The summed E-state index contributed by atoms with van der Waals surface area (Å²) >= 11 is 0. The predicted octanol–water partition coefficient (Wildman–Crippen LogP) is 3.00. The highest BCUT2D eigenvalue weighted by Crippen LogP contribution is 2.34. The van der Waals surface area contributed by atoms with Crippen LogP contribution in [0.3, 0.4) is 0 Å². The van der Waals surface area contributed by atoms with E-state index in [-0.39, 0.29) is 5.91 Å². The van der Waals surface area contributed by atoms with Crippen LogP contribution in [0.15, 0.2) is 36.5 Å². The van der Waals surface area contributed by atoms with Gasteiger partial charge in [-0.05, 0) is 32.3 Å². The first-order valence-corrected chi connectivity index (χ1v) is 9.02. The number of carboxylic acid groups (broad SMARTS) is 1. The number of rotatable bonds is 5. The van der Waals surface area contributed by atoms with Crippen molar-refractivity contribution in [3.63, 3.8) is 0 Å². The molecule has 6 heteroatoms. The van der Waals surface area contributed by atoms with Crippen molar-refractivity contribution in [1.82, 2.24) is 15.1 Å². The second-order valence-electron chi connectivity index (χ2n) is 7.30. The van der Waals surface area contributed by atoms with Gasteiger partial charge in [0.1, 0.15) is 0 Å². The van der Waals surface area contributed by atoms with Gasteiger partial charge in [-0.15, -0.1) is 0 Å². The van der Waals surface area contributed by atoms with Crippen LogP contribution < -0.4 is 5.32 Å². The average Bonchev–Trinajstić information content (AvgIpc) is 2.96. The summed E-state index contributed by atoms with van der Waals surface area (Å²) in [6.45, 7) is 4.30. The summed E-state index contributed by atoms with van der Waals surface area (Å²) in [6.07, 6.45) is 4.64. The van der Waals surface area contributed by atoms with Gasteiger partial charge in [-0.2, -0.15) is 5.10 Å². The molecule has 0 spiro atoms. The normalized spacial score (nSPS) is 22.8. The van der Waals surface area contributed by atoms with E-state index in [9.17, 15) is 14.7 Å². The number of carboxylic acids is 1. The lowest BCUT2D eigenvalue weighted by atomic mass is 9.73. The van der Waals surface area contributed by atoms with E-state index in [0.29, 0.717) is 24.9 Å². The van der Waals surface area contributed by atoms with E-state index in [2.05, 4.69) is 10.4 Å². The summed E-state index contributed by atoms with van der Waals surface area (Å²) in [5.74, 6) is -1.65. The van der Waals surface area contributed by atoms with Gasteiger partial charge in [0, 0.05) is 5.69 Å². The Morgan fingerprint density at radius 3 is 2.73 bits per heavy atom. The first-order chi connectivity index (χ1) is 12.4. The van der Waals surface area contributed by atoms with Crippen LogP contribution in [0.4, 0.5) is 0 Å². The zero-order valence-electron chi connectivity index (χ0n) is 15.2. The minimum Gasteiger partial charge on any atom is -0.481 e. The van der Waals surface area contributed by atoms with Gasteiger partial charge in [-0.1, -0.05) is 43.2 Å². The highest BCUT2D eigenvalue weighted by molar-refractivity contribution is 5.96. The Morgan fingerprint density at radius 2 is 2.04 bits per heavy atom. The molecule has 0 radical (unpaired) electrons. The van der Waals surface area contributed by atoms with E-state index in [4.69, 9.17) is 0 Å². The fraction of sp³-hybridized carbons (Fsp3) is 0.450. The van der Waals surface area contributed by atoms with Crippen LogP contribution in [0.1, 0.15) is 54.2 Å². The van der Waals surface area contributed by atoms with E-state index in [1.807, 2.05) is 44.2 Å². The molecular formula is C20H25N3O3. The van der Waals surface area contributed by atoms with E-state index >= 15 is 0 Å². The highest BCUT2D eigenvalue weighted by Gasteiger charge is 2.42. The summed E-state index contributed by atoms with van der Waals surface area (Å²) < 4.78 is 1.79. The standard InChI is InChI=1S/C20H25N3O3/c1-14-16(12-21-23(14)13-15-8-4-3-5-9-15)18(24)22-20(2)11-7-6-10-17(20)19(25)26/h3-5,8-9,12,17H,6-7,10-11,13H2,1-2H3,(H,22,24)(H,25,26). The Labute approximate surface area is 153 Å². The Balaban J connectivity index is 1.77. The maximum atomic E-state index is 12.8. The number of amides is 1. The molecule has 0 aliphatic heterocycles. The number of hydrogen-bond acceptors (Lipinski definition) is 3. The van der Waals surface area contributed by atoms with Crippen LogP contribution in [0.25, 0.3) is 0 Å². The maximum absolute atomic E-state index is 12.8. The molecule has 0 saturated heterocycles. The first-order valence-electron chi connectivity index (χ1n) is 9.02. The van der Waals surface area contributed by atoms with Crippen molar-refractivity contribution < 1.29 is 14.7 Å². The van der Waals surface area contributed by atoms with Gasteiger partial charge in [0.15, 0.2) is 0 Å². The second-order valence-corrected chi connectivity index (χ2v) is 7.30. The Bertz CT molecular complexity index is 800. The van der Waals surface area contributed by atoms with E-state index in [0.717, 1.165) is 24.1 Å². The fourth-order valence-corrected chi connectivity index (χ4v) is 3.79. The number of carbonyl (C=O) groups excluding carboxylic acids is 1. The molecule has 0 bridgehead atoms. The van der Waals surface area contributed by atoms with E-state index < -0.39 is 17.4 Å². The van der Waals surface area contributed by atoms with Gasteiger partial charge in [0.2, 0.25) is 0 Å². The Kier molecular flexibility index (Phi) is 5.11. The molecule has 1 aromatic carbocycles. The van der Waals surface area contributed by atoms with Crippen molar-refractivity contribution >= 4 is 11.9 Å². The smallest absolute Gasteiger partial charge is 0.308 e. The Morgan fingerprint density at radius 1 is 1.31 bits per heavy atom. The predicted molar refractivity (Wildman–Crippen MR) is 98.0 cm³/mol. The molecule has 26 heavy (non-hydrogen) atoms. The summed E-state index contributed by atoms with van der Waals surface area (Å²) in [5, 5.41) is 16.8. The molecule has 1 aliphatic carbocycles. The van der Waals surface area contributed by atoms with Crippen molar-refractivity contribution in [2.24, 2.45) is 5.92 Å². The van der Waals surface area contributed by atoms with E-state index in [1.54, 1.807) is 10.9 Å². The summed E-state index contributed by atoms with van der Waals surface area (Å²) in [6, 6.07) is 9.93. The molecule has 6 nitrogen and oxygen atoms in total. The molecule has 1 fully saturated rings. The number of nitrogens with one attached hydrogen (secondary N) is 1. The van der Waals surface area contributed by atoms with Crippen molar-refractivity contribution in [3.05, 3.63) is 53.3 Å². The first kappa shape index (κ1) is 18.2. The largest absolute Gasteiger partial charge is 0.481 e. The SMILES string of the molecule is Cc1c(C(=O)NC2(C)CCCCC2C(=O)O)cnn1Cc1ccccc1. The summed E-state index contributed by atoms with van der Waals surface area (Å²) in [5.41, 5.74) is 1.65. The molecule has 2 aromatic rings.